The number of rotatable bonds is 5. The molecule has 124 valence electrons. The van der Waals surface area contributed by atoms with Crippen molar-refractivity contribution in [2.75, 3.05) is 11.1 Å². The topological polar surface area (TPSA) is 98.7 Å². The molecule has 24 heavy (non-hydrogen) atoms. The van der Waals surface area contributed by atoms with Crippen LogP contribution in [0.3, 0.4) is 0 Å². The van der Waals surface area contributed by atoms with Gasteiger partial charge >= 0.3 is 0 Å². The van der Waals surface area contributed by atoms with Crippen molar-refractivity contribution in [2.24, 2.45) is 0 Å². The number of hydrogen-bond acceptors (Lipinski definition) is 7. The quantitative estimate of drug-likeness (QED) is 0.709. The largest absolute Gasteiger partial charge is 0.360 e. The van der Waals surface area contributed by atoms with Crippen LogP contribution in [0.2, 0.25) is 0 Å². The highest BCUT2D eigenvalue weighted by molar-refractivity contribution is 7.99. The van der Waals surface area contributed by atoms with Gasteiger partial charge in [-0.15, -0.1) is 10.2 Å². The molecule has 3 heterocycles. The molecular formula is C15H16N6O2S. The summed E-state index contributed by atoms with van der Waals surface area (Å²) in [5.41, 5.74) is 1.91. The molecule has 0 aromatic carbocycles. The lowest BCUT2D eigenvalue weighted by Crippen LogP contribution is -2.14. The zero-order chi connectivity index (χ0) is 17.1. The number of aryl methyl sites for hydroxylation is 3. The number of carbonyl (C=O) groups is 1. The van der Waals surface area contributed by atoms with Crippen LogP contribution in [0, 0.1) is 20.8 Å². The van der Waals surface area contributed by atoms with E-state index in [1.165, 1.54) is 11.8 Å². The predicted octanol–water partition coefficient (Wildman–Crippen LogP) is 2.31. The Morgan fingerprint density at radius 1 is 1.25 bits per heavy atom. The summed E-state index contributed by atoms with van der Waals surface area (Å²) in [6.45, 7) is 5.65. The first-order chi connectivity index (χ1) is 11.5. The normalized spacial score (nSPS) is 10.8. The van der Waals surface area contributed by atoms with Crippen LogP contribution in [0.1, 0.15) is 17.1 Å². The summed E-state index contributed by atoms with van der Waals surface area (Å²) in [4.78, 5) is 11.9. The molecular weight excluding hydrogens is 328 g/mol. The molecule has 0 aliphatic heterocycles. The summed E-state index contributed by atoms with van der Waals surface area (Å²) in [6.07, 6.45) is 0. The molecule has 0 aliphatic carbocycles. The van der Waals surface area contributed by atoms with Crippen LogP contribution in [0.4, 0.5) is 5.82 Å². The Balaban J connectivity index is 1.58. The molecule has 3 aromatic heterocycles. The smallest absolute Gasteiger partial charge is 0.236 e. The molecule has 0 unspecified atom stereocenters. The van der Waals surface area contributed by atoms with Crippen LogP contribution >= 0.6 is 11.8 Å². The molecule has 0 spiro atoms. The third-order valence-electron chi connectivity index (χ3n) is 3.10. The number of thioether (sulfide) groups is 1. The fraction of sp³-hybridized carbons (Fsp3) is 0.267. The molecule has 3 aromatic rings. The maximum absolute atomic E-state index is 11.9. The summed E-state index contributed by atoms with van der Waals surface area (Å²) in [7, 11) is 0. The number of anilines is 1. The summed E-state index contributed by atoms with van der Waals surface area (Å²) in [6, 6.07) is 7.27. The molecule has 1 amide bonds. The van der Waals surface area contributed by atoms with E-state index in [4.69, 9.17) is 4.52 Å². The highest BCUT2D eigenvalue weighted by atomic mass is 32.2. The second-order valence-electron chi connectivity index (χ2n) is 5.23. The van der Waals surface area contributed by atoms with Crippen LogP contribution in [-0.2, 0) is 4.79 Å². The molecule has 1 N–H and O–H groups in total. The van der Waals surface area contributed by atoms with E-state index >= 15 is 0 Å². The van der Waals surface area contributed by atoms with Crippen LogP contribution in [-0.4, -0.2) is 36.8 Å². The Morgan fingerprint density at radius 3 is 2.67 bits per heavy atom. The van der Waals surface area contributed by atoms with Gasteiger partial charge in [0.15, 0.2) is 11.6 Å². The Hall–Kier alpha value is -2.68. The average Bonchev–Trinajstić information content (AvgIpc) is 3.10. The minimum absolute atomic E-state index is 0.183. The van der Waals surface area contributed by atoms with Gasteiger partial charge in [0, 0.05) is 11.8 Å². The van der Waals surface area contributed by atoms with Gasteiger partial charge in [0.1, 0.15) is 10.8 Å². The number of aromatic nitrogens is 5. The molecule has 0 radical (unpaired) electrons. The third-order valence-corrected chi connectivity index (χ3v) is 4.02. The maximum atomic E-state index is 11.9. The second kappa shape index (κ2) is 6.83. The van der Waals surface area contributed by atoms with Crippen molar-refractivity contribution < 1.29 is 9.32 Å². The Labute approximate surface area is 142 Å². The SMILES string of the molecule is Cc1cc(C)n(-c2ccc(SCC(=O)Nc3cc(C)on3)nn2)n1. The summed E-state index contributed by atoms with van der Waals surface area (Å²) >= 11 is 1.29. The van der Waals surface area contributed by atoms with Crippen molar-refractivity contribution in [3.8, 4) is 5.82 Å². The van der Waals surface area contributed by atoms with Gasteiger partial charge in [-0.3, -0.25) is 4.79 Å². The molecule has 0 saturated heterocycles. The fourth-order valence-electron chi connectivity index (χ4n) is 2.11. The van der Waals surface area contributed by atoms with Crippen molar-refractivity contribution in [3.63, 3.8) is 0 Å². The standard InChI is InChI=1S/C15H16N6O2S/c1-9-6-10(2)21(19-9)13-4-5-15(18-17-13)24-8-14(22)16-12-7-11(3)23-20-12/h4-7H,8H2,1-3H3,(H,16,20,22). The fourth-order valence-corrected chi connectivity index (χ4v) is 2.72. The van der Waals surface area contributed by atoms with Crippen molar-refractivity contribution in [3.05, 3.63) is 41.4 Å². The van der Waals surface area contributed by atoms with Crippen LogP contribution in [0.15, 0.2) is 33.8 Å². The molecule has 0 fully saturated rings. The number of amides is 1. The van der Waals surface area contributed by atoms with Gasteiger partial charge in [0.25, 0.3) is 0 Å². The van der Waals surface area contributed by atoms with Crippen molar-refractivity contribution in [2.45, 2.75) is 25.8 Å². The van der Waals surface area contributed by atoms with Gasteiger partial charge in [-0.25, -0.2) is 4.68 Å². The number of nitrogens with one attached hydrogen (secondary N) is 1. The van der Waals surface area contributed by atoms with E-state index in [0.717, 1.165) is 11.4 Å². The molecule has 0 aliphatic rings. The third kappa shape index (κ3) is 3.80. The van der Waals surface area contributed by atoms with E-state index in [-0.39, 0.29) is 11.7 Å². The molecule has 9 heteroatoms. The van der Waals surface area contributed by atoms with Crippen LogP contribution < -0.4 is 5.32 Å². The monoisotopic (exact) mass is 344 g/mol. The van der Waals surface area contributed by atoms with E-state index in [0.29, 0.717) is 22.4 Å². The first kappa shape index (κ1) is 16.2. The van der Waals surface area contributed by atoms with E-state index in [2.05, 4.69) is 25.8 Å². The van der Waals surface area contributed by atoms with Crippen molar-refractivity contribution in [1.29, 1.82) is 0 Å². The van der Waals surface area contributed by atoms with E-state index in [1.54, 1.807) is 17.7 Å². The highest BCUT2D eigenvalue weighted by Gasteiger charge is 2.09. The molecule has 0 bridgehead atoms. The first-order valence-electron chi connectivity index (χ1n) is 7.24. The van der Waals surface area contributed by atoms with Crippen LogP contribution in [0.25, 0.3) is 5.82 Å². The lowest BCUT2D eigenvalue weighted by Gasteiger charge is -2.04. The van der Waals surface area contributed by atoms with Gasteiger partial charge < -0.3 is 9.84 Å². The van der Waals surface area contributed by atoms with Gasteiger partial charge in [0.2, 0.25) is 5.91 Å². The molecule has 0 saturated carbocycles. The van der Waals surface area contributed by atoms with E-state index in [9.17, 15) is 4.79 Å². The van der Waals surface area contributed by atoms with E-state index < -0.39 is 0 Å². The lowest BCUT2D eigenvalue weighted by molar-refractivity contribution is -0.113. The minimum Gasteiger partial charge on any atom is -0.360 e. The summed E-state index contributed by atoms with van der Waals surface area (Å²) in [5, 5.41) is 19.7. The number of carbonyl (C=O) groups excluding carboxylic acids is 1. The Morgan fingerprint density at radius 2 is 2.08 bits per heavy atom. The van der Waals surface area contributed by atoms with E-state index in [1.807, 2.05) is 32.0 Å². The van der Waals surface area contributed by atoms with Gasteiger partial charge in [-0.1, -0.05) is 16.9 Å². The Kier molecular flexibility index (Phi) is 4.61. The average molecular weight is 344 g/mol. The zero-order valence-electron chi connectivity index (χ0n) is 13.5. The highest BCUT2D eigenvalue weighted by Crippen LogP contribution is 2.17. The number of nitrogens with zero attached hydrogens (tertiary/aromatic N) is 5. The summed E-state index contributed by atoms with van der Waals surface area (Å²) < 4.78 is 6.63. The van der Waals surface area contributed by atoms with Crippen LogP contribution in [0.5, 0.6) is 0 Å². The minimum atomic E-state index is -0.183. The van der Waals surface area contributed by atoms with Crippen molar-refractivity contribution in [1.82, 2.24) is 25.1 Å². The second-order valence-corrected chi connectivity index (χ2v) is 6.22. The predicted molar refractivity (Wildman–Crippen MR) is 89.2 cm³/mol. The maximum Gasteiger partial charge on any atom is 0.236 e. The lowest BCUT2D eigenvalue weighted by atomic mass is 10.4. The molecule has 3 rings (SSSR count). The molecule has 0 atom stereocenters. The van der Waals surface area contributed by atoms with Gasteiger partial charge in [-0.05, 0) is 39.0 Å². The first-order valence-corrected chi connectivity index (χ1v) is 8.23. The number of hydrogen-bond donors (Lipinski definition) is 1. The Bertz CT molecular complexity index is 855. The van der Waals surface area contributed by atoms with Crippen molar-refractivity contribution >= 4 is 23.5 Å². The molecule has 8 nitrogen and oxygen atoms in total. The van der Waals surface area contributed by atoms with Gasteiger partial charge in [-0.2, -0.15) is 5.10 Å². The zero-order valence-corrected chi connectivity index (χ0v) is 14.3. The summed E-state index contributed by atoms with van der Waals surface area (Å²) in [5.74, 6) is 1.72. The van der Waals surface area contributed by atoms with Gasteiger partial charge in [0.05, 0.1) is 11.4 Å².